The quantitative estimate of drug-likeness (QED) is 0.352. The molecule has 1 N–H and O–H groups in total. The molecule has 10 heteroatoms. The lowest BCUT2D eigenvalue weighted by Gasteiger charge is -2.19. The molecule has 1 aliphatic rings. The van der Waals surface area contributed by atoms with Crippen molar-refractivity contribution in [3.63, 3.8) is 0 Å². The van der Waals surface area contributed by atoms with Crippen molar-refractivity contribution >= 4 is 11.8 Å². The third-order valence-corrected chi connectivity index (χ3v) is 5.74. The molecular weight excluding hydrogens is 468 g/mol. The molecule has 1 aromatic heterocycles. The number of ketones is 1. The molecule has 3 atom stereocenters. The molecule has 2 heterocycles. The zero-order valence-corrected chi connectivity index (χ0v) is 19.6. The summed E-state index contributed by atoms with van der Waals surface area (Å²) in [5.74, 6) is -0.984. The van der Waals surface area contributed by atoms with E-state index in [1.165, 1.54) is 17.7 Å². The molecule has 0 amide bonds. The Bertz CT molecular complexity index is 1330. The molecule has 1 fully saturated rings. The molecule has 0 radical (unpaired) electrons. The first kappa shape index (κ1) is 25.2. The van der Waals surface area contributed by atoms with Crippen LogP contribution in [-0.4, -0.2) is 51.6 Å². The zero-order valence-electron chi connectivity index (χ0n) is 19.6. The van der Waals surface area contributed by atoms with E-state index in [0.29, 0.717) is 11.1 Å². The number of nitrogens with zero attached hydrogens (tertiary/aromatic N) is 2. The number of ether oxygens (including phenoxy) is 3. The van der Waals surface area contributed by atoms with Crippen LogP contribution in [0.1, 0.15) is 38.9 Å². The van der Waals surface area contributed by atoms with Crippen LogP contribution in [-0.2, 0) is 20.8 Å². The van der Waals surface area contributed by atoms with Crippen molar-refractivity contribution in [2.45, 2.75) is 38.5 Å². The van der Waals surface area contributed by atoms with Gasteiger partial charge in [0.05, 0.1) is 25.3 Å². The molecule has 188 valence electrons. The second-order valence-corrected chi connectivity index (χ2v) is 8.28. The second-order valence-electron chi connectivity index (χ2n) is 8.28. The highest BCUT2D eigenvalue weighted by atomic mass is 16.7. The predicted octanol–water partition coefficient (Wildman–Crippen LogP) is 1.68. The van der Waals surface area contributed by atoms with E-state index in [0.717, 1.165) is 4.57 Å². The summed E-state index contributed by atoms with van der Waals surface area (Å²) < 4.78 is 19.0. The number of benzene rings is 2. The summed E-state index contributed by atoms with van der Waals surface area (Å²) in [6.45, 7) is 0.738. The topological polar surface area (TPSA) is 126 Å². The van der Waals surface area contributed by atoms with Gasteiger partial charge in [-0.3, -0.25) is 18.7 Å². The summed E-state index contributed by atoms with van der Waals surface area (Å²) in [5.41, 5.74) is -0.381. The number of carbonyl (C=O) groups excluding carboxylic acids is 2. The van der Waals surface area contributed by atoms with Gasteiger partial charge in [-0.25, -0.2) is 9.59 Å². The van der Waals surface area contributed by atoms with Gasteiger partial charge >= 0.3 is 11.7 Å². The highest BCUT2D eigenvalue weighted by Crippen LogP contribution is 2.31. The minimum absolute atomic E-state index is 0.0544. The zero-order chi connectivity index (χ0) is 25.7. The van der Waals surface area contributed by atoms with Crippen LogP contribution < -0.4 is 11.2 Å². The molecule has 3 aromatic rings. The summed E-state index contributed by atoms with van der Waals surface area (Å²) in [6.07, 6.45) is -1.46. The van der Waals surface area contributed by atoms with Crippen LogP contribution in [0.3, 0.4) is 0 Å². The molecule has 0 aliphatic carbocycles. The molecule has 2 aromatic carbocycles. The number of aliphatic hydroxyl groups is 1. The van der Waals surface area contributed by atoms with Gasteiger partial charge < -0.3 is 19.3 Å². The monoisotopic (exact) mass is 494 g/mol. The normalized spacial score (nSPS) is 19.2. The van der Waals surface area contributed by atoms with Crippen molar-refractivity contribution in [1.82, 2.24) is 9.13 Å². The van der Waals surface area contributed by atoms with Crippen molar-refractivity contribution < 1.29 is 28.9 Å². The van der Waals surface area contributed by atoms with Gasteiger partial charge in [0.1, 0.15) is 6.23 Å². The van der Waals surface area contributed by atoms with E-state index in [9.17, 15) is 19.2 Å². The first-order chi connectivity index (χ1) is 17.4. The van der Waals surface area contributed by atoms with Crippen LogP contribution >= 0.6 is 0 Å². The molecule has 1 aliphatic heterocycles. The lowest BCUT2D eigenvalue weighted by Crippen LogP contribution is -2.43. The van der Waals surface area contributed by atoms with Gasteiger partial charge in [-0.2, -0.15) is 0 Å². The molecule has 3 unspecified atom stereocenters. The molecule has 10 nitrogen and oxygen atoms in total. The Morgan fingerprint density at radius 2 is 1.67 bits per heavy atom. The van der Waals surface area contributed by atoms with Crippen molar-refractivity contribution in [3.8, 4) is 0 Å². The fraction of sp³-hybridized carbons (Fsp3) is 0.308. The molecular formula is C26H26N2O8. The minimum atomic E-state index is -1.05. The minimum Gasteiger partial charge on any atom is -0.453 e. The number of aliphatic hydroxyl groups excluding tert-OH is 1. The molecule has 4 rings (SSSR count). The SMILES string of the molecule is Cc1cn(C2CC(OC(=O)c3ccccc3)C(OCCO)O2)c(=O)n(CC(=O)c2ccccc2)c1=O. The largest absolute Gasteiger partial charge is 0.453 e. The molecule has 0 saturated carbocycles. The van der Waals surface area contributed by atoms with E-state index in [1.807, 2.05) is 0 Å². The number of aryl methyl sites for hydroxylation is 1. The van der Waals surface area contributed by atoms with Gasteiger partial charge in [0, 0.05) is 23.7 Å². The number of esters is 1. The van der Waals surface area contributed by atoms with Crippen molar-refractivity contribution in [1.29, 1.82) is 0 Å². The second kappa shape index (κ2) is 11.3. The molecule has 0 bridgehead atoms. The Morgan fingerprint density at radius 3 is 2.31 bits per heavy atom. The molecule has 0 spiro atoms. The number of Topliss-reactive ketones (excluding diaryl/α,β-unsaturated/α-hetero) is 1. The maximum absolute atomic E-state index is 13.3. The van der Waals surface area contributed by atoms with Crippen molar-refractivity contribution in [2.75, 3.05) is 13.2 Å². The van der Waals surface area contributed by atoms with E-state index in [-0.39, 0.29) is 25.2 Å². The predicted molar refractivity (Wildman–Crippen MR) is 128 cm³/mol. The Labute approximate surface area is 206 Å². The average molecular weight is 495 g/mol. The van der Waals surface area contributed by atoms with Crippen LogP contribution in [0.4, 0.5) is 0 Å². The van der Waals surface area contributed by atoms with Crippen molar-refractivity contribution in [2.24, 2.45) is 0 Å². The lowest BCUT2D eigenvalue weighted by molar-refractivity contribution is -0.181. The van der Waals surface area contributed by atoms with Gasteiger partial charge in [-0.1, -0.05) is 48.5 Å². The summed E-state index contributed by atoms with van der Waals surface area (Å²) >= 11 is 0. The summed E-state index contributed by atoms with van der Waals surface area (Å²) in [7, 11) is 0. The van der Waals surface area contributed by atoms with Crippen LogP contribution in [0.5, 0.6) is 0 Å². The van der Waals surface area contributed by atoms with E-state index < -0.39 is 48.2 Å². The Hall–Kier alpha value is -3.86. The van der Waals surface area contributed by atoms with Crippen LogP contribution in [0.25, 0.3) is 0 Å². The standard InChI is InChI=1S/C26H26N2O8/c1-17-15-27(26(33)28(23(17)31)16-20(30)18-8-4-2-5-9-18)22-14-21(25(36-22)34-13-12-29)35-24(32)19-10-6-3-7-11-19/h2-11,15,21-22,25,29H,12-14,16H2,1H3. The summed E-state index contributed by atoms with van der Waals surface area (Å²) in [4.78, 5) is 51.3. The Kier molecular flexibility index (Phi) is 7.89. The van der Waals surface area contributed by atoms with Crippen LogP contribution in [0.15, 0.2) is 76.4 Å². The third-order valence-electron chi connectivity index (χ3n) is 5.74. The smallest absolute Gasteiger partial charge is 0.338 e. The van der Waals surface area contributed by atoms with E-state index in [1.54, 1.807) is 60.7 Å². The van der Waals surface area contributed by atoms with E-state index in [2.05, 4.69) is 0 Å². The number of hydrogen-bond donors (Lipinski definition) is 1. The van der Waals surface area contributed by atoms with Gasteiger partial charge in [-0.15, -0.1) is 0 Å². The maximum Gasteiger partial charge on any atom is 0.338 e. The highest BCUT2D eigenvalue weighted by molar-refractivity contribution is 5.95. The van der Waals surface area contributed by atoms with E-state index >= 15 is 0 Å². The number of hydrogen-bond acceptors (Lipinski definition) is 8. The highest BCUT2D eigenvalue weighted by Gasteiger charge is 2.40. The average Bonchev–Trinajstić information content (AvgIpc) is 3.30. The fourth-order valence-corrected chi connectivity index (χ4v) is 3.95. The number of aromatic nitrogens is 2. The van der Waals surface area contributed by atoms with Crippen LogP contribution in [0, 0.1) is 6.92 Å². The van der Waals surface area contributed by atoms with Crippen LogP contribution in [0.2, 0.25) is 0 Å². The van der Waals surface area contributed by atoms with Gasteiger partial charge in [-0.05, 0) is 19.1 Å². The van der Waals surface area contributed by atoms with Crippen molar-refractivity contribution in [3.05, 3.63) is 104 Å². The maximum atomic E-state index is 13.3. The van der Waals surface area contributed by atoms with Gasteiger partial charge in [0.15, 0.2) is 18.2 Å². The fourth-order valence-electron chi connectivity index (χ4n) is 3.95. The Morgan fingerprint density at radius 1 is 1.03 bits per heavy atom. The lowest BCUT2D eigenvalue weighted by atomic mass is 10.1. The van der Waals surface area contributed by atoms with Gasteiger partial charge in [0.25, 0.3) is 5.56 Å². The summed E-state index contributed by atoms with van der Waals surface area (Å²) in [6, 6.07) is 16.7. The number of carbonyl (C=O) groups is 2. The van der Waals surface area contributed by atoms with Gasteiger partial charge in [0.2, 0.25) is 0 Å². The summed E-state index contributed by atoms with van der Waals surface area (Å²) in [5, 5.41) is 9.17. The Balaban J connectivity index is 1.60. The molecule has 1 saturated heterocycles. The number of rotatable bonds is 9. The first-order valence-electron chi connectivity index (χ1n) is 11.4. The first-order valence-corrected chi connectivity index (χ1v) is 11.4. The van der Waals surface area contributed by atoms with E-state index in [4.69, 9.17) is 19.3 Å². The third kappa shape index (κ3) is 5.51. The molecule has 36 heavy (non-hydrogen) atoms.